The van der Waals surface area contributed by atoms with Gasteiger partial charge in [-0.05, 0) is 6.42 Å². The molecule has 102 valence electrons. The van der Waals surface area contributed by atoms with Crippen LogP contribution in [0, 0.1) is 0 Å². The molecule has 7 nitrogen and oxygen atoms in total. The van der Waals surface area contributed by atoms with Crippen molar-refractivity contribution in [3.05, 3.63) is 0 Å². The average molecular weight is 267 g/mol. The highest BCUT2D eigenvalue weighted by molar-refractivity contribution is 7.85. The summed E-state index contributed by atoms with van der Waals surface area (Å²) in [5.41, 5.74) is 5.31. The minimum atomic E-state index is -3.67. The third kappa shape index (κ3) is 9.04. The van der Waals surface area contributed by atoms with Gasteiger partial charge in [-0.1, -0.05) is 6.92 Å². The van der Waals surface area contributed by atoms with Crippen LogP contribution < -0.4 is 11.1 Å². The van der Waals surface area contributed by atoms with Crippen molar-refractivity contribution in [2.24, 2.45) is 5.73 Å². The van der Waals surface area contributed by atoms with Gasteiger partial charge in [0.1, 0.15) is 0 Å². The van der Waals surface area contributed by atoms with Gasteiger partial charge < -0.3 is 16.0 Å². The largest absolute Gasteiger partial charge is 0.339 e. The molecule has 17 heavy (non-hydrogen) atoms. The van der Waals surface area contributed by atoms with Crippen LogP contribution in [-0.4, -0.2) is 62.3 Å². The molecule has 0 radical (unpaired) electrons. The Morgan fingerprint density at radius 3 is 2.53 bits per heavy atom. The zero-order valence-corrected chi connectivity index (χ0v) is 10.9. The Morgan fingerprint density at radius 2 is 2.18 bits per heavy atom. The summed E-state index contributed by atoms with van der Waals surface area (Å²) in [7, 11) is -3.67. The van der Waals surface area contributed by atoms with Gasteiger partial charge in [-0.2, -0.15) is 8.42 Å². The summed E-state index contributed by atoms with van der Waals surface area (Å²) in [4.78, 5) is 12.8. The first kappa shape index (κ1) is 16.3. The molecule has 1 fully saturated rings. The number of nitrogens with zero attached hydrogens (tertiary/aromatic N) is 1. The molecule has 1 rings (SSSR count). The molecule has 1 aliphatic heterocycles. The number of hydrogen-bond acceptors (Lipinski definition) is 5. The van der Waals surface area contributed by atoms with Crippen molar-refractivity contribution in [1.29, 1.82) is 0 Å². The molecule has 0 aromatic rings. The van der Waals surface area contributed by atoms with Crippen LogP contribution in [0.15, 0.2) is 0 Å². The maximum absolute atomic E-state index is 11.0. The molecule has 8 heteroatoms. The van der Waals surface area contributed by atoms with Crippen molar-refractivity contribution in [2.45, 2.75) is 13.3 Å². The number of amides is 1. The molecule has 1 heterocycles. The Balaban J connectivity index is 0.000000325. The molecule has 1 saturated heterocycles. The fourth-order valence-corrected chi connectivity index (χ4v) is 1.81. The summed E-state index contributed by atoms with van der Waals surface area (Å²) in [5, 5.41) is 2.99. The van der Waals surface area contributed by atoms with E-state index < -0.39 is 10.1 Å². The van der Waals surface area contributed by atoms with E-state index in [1.165, 1.54) is 0 Å². The lowest BCUT2D eigenvalue weighted by Crippen LogP contribution is -2.49. The fraction of sp³-hybridized carbons (Fsp3) is 0.889. The lowest BCUT2D eigenvalue weighted by atomic mass is 10.3. The maximum atomic E-state index is 11.0. The Bertz CT molecular complexity index is 316. The van der Waals surface area contributed by atoms with E-state index in [9.17, 15) is 13.2 Å². The second-order valence-corrected chi connectivity index (χ2v) is 5.20. The van der Waals surface area contributed by atoms with Crippen LogP contribution in [0.2, 0.25) is 0 Å². The van der Waals surface area contributed by atoms with E-state index >= 15 is 0 Å². The second kappa shape index (κ2) is 8.40. The minimum Gasteiger partial charge on any atom is -0.339 e. The Kier molecular flexibility index (Phi) is 8.05. The third-order valence-electron chi connectivity index (χ3n) is 2.05. The van der Waals surface area contributed by atoms with Crippen LogP contribution in [0.1, 0.15) is 13.3 Å². The van der Waals surface area contributed by atoms with Crippen LogP contribution in [0.3, 0.4) is 0 Å². The molecule has 0 bridgehead atoms. The molecule has 4 N–H and O–H groups in total. The Morgan fingerprint density at radius 1 is 1.53 bits per heavy atom. The quantitative estimate of drug-likeness (QED) is 0.543. The minimum absolute atomic E-state index is 0.132. The number of hydrogen-bond donors (Lipinski definition) is 3. The van der Waals surface area contributed by atoms with Crippen molar-refractivity contribution < 1.29 is 17.8 Å². The molecule has 1 aliphatic rings. The molecule has 0 aromatic heterocycles. The van der Waals surface area contributed by atoms with Crippen LogP contribution >= 0.6 is 0 Å². The summed E-state index contributed by atoms with van der Waals surface area (Å²) in [6.45, 7) is 5.11. The van der Waals surface area contributed by atoms with E-state index in [0.29, 0.717) is 26.1 Å². The van der Waals surface area contributed by atoms with Crippen molar-refractivity contribution >= 4 is 16.0 Å². The highest BCUT2D eigenvalue weighted by atomic mass is 32.2. The first-order valence-corrected chi connectivity index (χ1v) is 7.15. The molecular formula is C9H21N3O4S. The molecule has 0 aromatic carbocycles. The molecule has 0 spiro atoms. The van der Waals surface area contributed by atoms with Gasteiger partial charge in [-0.25, -0.2) is 0 Å². The summed E-state index contributed by atoms with van der Waals surface area (Å²) >= 11 is 0. The van der Waals surface area contributed by atoms with Crippen LogP contribution in [0.25, 0.3) is 0 Å². The van der Waals surface area contributed by atoms with E-state index in [1.54, 1.807) is 11.8 Å². The van der Waals surface area contributed by atoms with E-state index in [0.717, 1.165) is 13.1 Å². The molecule has 0 atom stereocenters. The smallest absolute Gasteiger partial charge is 0.264 e. The third-order valence-corrected chi connectivity index (χ3v) is 2.97. The van der Waals surface area contributed by atoms with Crippen LogP contribution in [0.4, 0.5) is 0 Å². The lowest BCUT2D eigenvalue weighted by molar-refractivity contribution is -0.131. The maximum Gasteiger partial charge on any atom is 0.264 e. The molecule has 1 amide bonds. The van der Waals surface area contributed by atoms with Gasteiger partial charge in [0, 0.05) is 26.2 Å². The molecule has 0 unspecified atom stereocenters. The molecular weight excluding hydrogens is 246 g/mol. The van der Waals surface area contributed by atoms with Crippen molar-refractivity contribution in [1.82, 2.24) is 10.2 Å². The van der Waals surface area contributed by atoms with E-state index in [2.05, 4.69) is 5.32 Å². The van der Waals surface area contributed by atoms with Crippen molar-refractivity contribution in [3.63, 3.8) is 0 Å². The number of piperazine rings is 1. The molecule has 0 saturated carbocycles. The van der Waals surface area contributed by atoms with Gasteiger partial charge in [0.2, 0.25) is 5.91 Å². The van der Waals surface area contributed by atoms with Crippen LogP contribution in [0.5, 0.6) is 0 Å². The predicted molar refractivity (Wildman–Crippen MR) is 65.2 cm³/mol. The molecule has 0 aliphatic carbocycles. The summed E-state index contributed by atoms with van der Waals surface area (Å²) < 4.78 is 27.6. The first-order chi connectivity index (χ1) is 7.90. The number of rotatable bonds is 4. The Labute approximate surface area is 102 Å². The van der Waals surface area contributed by atoms with Gasteiger partial charge in [-0.3, -0.25) is 9.35 Å². The van der Waals surface area contributed by atoms with Crippen molar-refractivity contribution in [2.75, 3.05) is 38.5 Å². The number of carbonyl (C=O) groups is 1. The summed E-state index contributed by atoms with van der Waals surface area (Å²) in [6, 6.07) is 0. The highest BCUT2D eigenvalue weighted by Gasteiger charge is 2.15. The van der Waals surface area contributed by atoms with Gasteiger partial charge >= 0.3 is 0 Å². The standard InChI is InChI=1S/C6H13N3O.C3H8O3S/c7-1-3-9-4-2-8-5-6(9)10;1-2-3-7(4,5)6/h8H,1-5,7H2;2-3H2,1H3,(H,4,5,6). The van der Waals surface area contributed by atoms with Crippen LogP contribution in [-0.2, 0) is 14.9 Å². The summed E-state index contributed by atoms with van der Waals surface area (Å²) in [5.74, 6) is 0.0317. The zero-order chi connectivity index (χ0) is 13.3. The van der Waals surface area contributed by atoms with Gasteiger partial charge in [-0.15, -0.1) is 0 Å². The van der Waals surface area contributed by atoms with Crippen molar-refractivity contribution in [3.8, 4) is 0 Å². The predicted octanol–water partition coefficient (Wildman–Crippen LogP) is -1.34. The van der Waals surface area contributed by atoms with Gasteiger partial charge in [0.05, 0.1) is 12.3 Å². The van der Waals surface area contributed by atoms with E-state index in [4.69, 9.17) is 10.3 Å². The average Bonchev–Trinajstić information content (AvgIpc) is 2.21. The topological polar surface area (TPSA) is 113 Å². The van der Waals surface area contributed by atoms with Gasteiger partial charge in [0.15, 0.2) is 0 Å². The highest BCUT2D eigenvalue weighted by Crippen LogP contribution is 1.91. The number of nitrogens with one attached hydrogen (secondary N) is 1. The lowest BCUT2D eigenvalue weighted by Gasteiger charge is -2.26. The zero-order valence-electron chi connectivity index (χ0n) is 10.1. The number of nitrogens with two attached hydrogens (primary N) is 1. The fourth-order valence-electron chi connectivity index (χ4n) is 1.30. The van der Waals surface area contributed by atoms with E-state index in [-0.39, 0.29) is 11.7 Å². The Hall–Kier alpha value is -0.700. The SMILES string of the molecule is CCCS(=O)(=O)O.NCCN1CCNCC1=O. The monoisotopic (exact) mass is 267 g/mol. The van der Waals surface area contributed by atoms with E-state index in [1.807, 2.05) is 0 Å². The number of carbonyl (C=O) groups excluding carboxylic acids is 1. The van der Waals surface area contributed by atoms with Gasteiger partial charge in [0.25, 0.3) is 10.1 Å². The summed E-state index contributed by atoms with van der Waals surface area (Å²) in [6.07, 6.45) is 0.471. The second-order valence-electron chi connectivity index (χ2n) is 3.63. The normalized spacial score (nSPS) is 16.4. The first-order valence-electron chi connectivity index (χ1n) is 5.54.